The van der Waals surface area contributed by atoms with Gasteiger partial charge in [-0.3, -0.25) is 4.79 Å². The third-order valence-corrected chi connectivity index (χ3v) is 4.90. The van der Waals surface area contributed by atoms with Crippen molar-refractivity contribution < 1.29 is 14.6 Å². The maximum absolute atomic E-state index is 12.4. The van der Waals surface area contributed by atoms with E-state index >= 15 is 0 Å². The van der Waals surface area contributed by atoms with Gasteiger partial charge in [0.05, 0.1) is 17.3 Å². The molecule has 1 aromatic rings. The number of carbonyl (C=O) groups is 1. The zero-order valence-corrected chi connectivity index (χ0v) is 13.6. The monoisotopic (exact) mass is 312 g/mol. The summed E-state index contributed by atoms with van der Waals surface area (Å²) in [7, 11) is 0. The summed E-state index contributed by atoms with van der Waals surface area (Å²) in [6, 6.07) is 0. The van der Waals surface area contributed by atoms with Crippen molar-refractivity contribution in [2.45, 2.75) is 45.1 Å². The average Bonchev–Trinajstić information content (AvgIpc) is 2.97. The molecule has 2 rings (SSSR count). The number of carbonyl (C=O) groups excluding carboxylic acids is 1. The van der Waals surface area contributed by atoms with Gasteiger partial charge in [-0.25, -0.2) is 4.98 Å². The molecule has 0 unspecified atom stereocenters. The van der Waals surface area contributed by atoms with Crippen LogP contribution in [-0.2, 0) is 4.74 Å². The molecule has 0 aromatic carbocycles. The average molecular weight is 312 g/mol. The number of hydrogen-bond acceptors (Lipinski definition) is 5. The zero-order chi connectivity index (χ0) is 15.2. The number of aromatic nitrogens is 1. The summed E-state index contributed by atoms with van der Waals surface area (Å²) in [4.78, 5) is 19.4. The highest BCUT2D eigenvalue weighted by molar-refractivity contribution is 7.13. The van der Waals surface area contributed by atoms with Crippen LogP contribution >= 0.6 is 11.3 Å². The number of aliphatic hydroxyl groups excluding tert-OH is 1. The van der Waals surface area contributed by atoms with E-state index in [-0.39, 0.29) is 18.6 Å². The van der Waals surface area contributed by atoms with Crippen LogP contribution < -0.4 is 0 Å². The predicted octanol–water partition coefficient (Wildman–Crippen LogP) is 2.27. The molecule has 0 saturated carbocycles. The molecule has 1 N–H and O–H groups in total. The van der Waals surface area contributed by atoms with E-state index in [0.29, 0.717) is 18.9 Å². The number of rotatable bonds is 6. The van der Waals surface area contributed by atoms with Crippen LogP contribution in [0.4, 0.5) is 0 Å². The Balaban J connectivity index is 1.82. The van der Waals surface area contributed by atoms with Gasteiger partial charge < -0.3 is 14.7 Å². The van der Waals surface area contributed by atoms with Crippen LogP contribution in [0.2, 0.25) is 0 Å². The Morgan fingerprint density at radius 2 is 2.24 bits per heavy atom. The lowest BCUT2D eigenvalue weighted by atomic mass is 10.1. The van der Waals surface area contributed by atoms with Crippen molar-refractivity contribution in [3.63, 3.8) is 0 Å². The molecule has 0 radical (unpaired) electrons. The van der Waals surface area contributed by atoms with Crippen molar-refractivity contribution in [3.8, 4) is 0 Å². The summed E-state index contributed by atoms with van der Waals surface area (Å²) in [6.07, 6.45) is 4.33. The molecule has 1 aliphatic heterocycles. The Hall–Kier alpha value is -0.980. The lowest BCUT2D eigenvalue weighted by Gasteiger charge is -2.31. The van der Waals surface area contributed by atoms with Gasteiger partial charge in [-0.05, 0) is 19.3 Å². The first-order chi connectivity index (χ1) is 10.1. The highest BCUT2D eigenvalue weighted by atomic mass is 32.1. The van der Waals surface area contributed by atoms with E-state index in [1.807, 2.05) is 4.90 Å². The molecule has 21 heavy (non-hydrogen) atoms. The number of hydrogen-bond donors (Lipinski definition) is 1. The summed E-state index contributed by atoms with van der Waals surface area (Å²) in [5.41, 5.74) is 0. The third kappa shape index (κ3) is 4.49. The Labute approximate surface area is 129 Å². The Bertz CT molecular complexity index is 454. The van der Waals surface area contributed by atoms with E-state index in [1.54, 1.807) is 6.20 Å². The quantitative estimate of drug-likeness (QED) is 0.819. The van der Waals surface area contributed by atoms with Crippen LogP contribution in [0.15, 0.2) is 6.20 Å². The van der Waals surface area contributed by atoms with Gasteiger partial charge in [0, 0.05) is 32.2 Å². The van der Waals surface area contributed by atoms with Gasteiger partial charge in [0.15, 0.2) is 0 Å². The second-order valence-corrected chi connectivity index (χ2v) is 6.72. The van der Waals surface area contributed by atoms with Crippen LogP contribution in [0.3, 0.4) is 0 Å². The second-order valence-electron chi connectivity index (χ2n) is 5.66. The van der Waals surface area contributed by atoms with Crippen LogP contribution in [-0.4, -0.2) is 53.3 Å². The van der Waals surface area contributed by atoms with E-state index in [9.17, 15) is 4.79 Å². The van der Waals surface area contributed by atoms with Crippen molar-refractivity contribution in [3.05, 3.63) is 16.1 Å². The number of likely N-dealkylation sites (tertiary alicyclic amines) is 1. The summed E-state index contributed by atoms with van der Waals surface area (Å²) < 4.78 is 5.68. The normalized spacial score (nSPS) is 16.7. The molecule has 6 heteroatoms. The fraction of sp³-hybridized carbons (Fsp3) is 0.733. The van der Waals surface area contributed by atoms with Gasteiger partial charge in [-0.15, -0.1) is 11.3 Å². The second kappa shape index (κ2) is 7.87. The van der Waals surface area contributed by atoms with Crippen molar-refractivity contribution in [2.75, 3.05) is 26.3 Å². The molecular weight excluding hydrogens is 288 g/mol. The zero-order valence-electron chi connectivity index (χ0n) is 12.7. The summed E-state index contributed by atoms with van der Waals surface area (Å²) in [5.74, 6) is 0.454. The van der Waals surface area contributed by atoms with E-state index in [1.165, 1.54) is 11.3 Å². The SMILES string of the molecule is CC(C)c1ncc(C(=O)N2CCC(OCCCO)CC2)s1. The first-order valence-corrected chi connectivity index (χ1v) is 8.41. The minimum Gasteiger partial charge on any atom is -0.396 e. The van der Waals surface area contributed by atoms with Gasteiger partial charge in [0.25, 0.3) is 5.91 Å². The molecule has 1 saturated heterocycles. The molecule has 1 fully saturated rings. The first-order valence-electron chi connectivity index (χ1n) is 7.59. The summed E-state index contributed by atoms with van der Waals surface area (Å²) >= 11 is 1.50. The van der Waals surface area contributed by atoms with Gasteiger partial charge in [0.1, 0.15) is 4.88 Å². The van der Waals surface area contributed by atoms with Gasteiger partial charge in [-0.1, -0.05) is 13.8 Å². The molecule has 1 aliphatic rings. The highest BCUT2D eigenvalue weighted by Gasteiger charge is 2.25. The van der Waals surface area contributed by atoms with E-state index in [4.69, 9.17) is 9.84 Å². The first kappa shape index (κ1) is 16.4. The van der Waals surface area contributed by atoms with Gasteiger partial charge in [-0.2, -0.15) is 0 Å². The molecule has 0 spiro atoms. The fourth-order valence-electron chi connectivity index (χ4n) is 2.35. The number of aliphatic hydroxyl groups is 1. The van der Waals surface area contributed by atoms with Crippen molar-refractivity contribution in [1.82, 2.24) is 9.88 Å². The predicted molar refractivity (Wildman–Crippen MR) is 82.8 cm³/mol. The van der Waals surface area contributed by atoms with Crippen molar-refractivity contribution in [1.29, 1.82) is 0 Å². The molecule has 0 atom stereocenters. The Morgan fingerprint density at radius 1 is 1.52 bits per heavy atom. The van der Waals surface area contributed by atoms with Gasteiger partial charge >= 0.3 is 0 Å². The molecule has 5 nitrogen and oxygen atoms in total. The number of nitrogens with zero attached hydrogens (tertiary/aromatic N) is 2. The number of thiazole rings is 1. The number of amides is 1. The topological polar surface area (TPSA) is 62.7 Å². The smallest absolute Gasteiger partial charge is 0.265 e. The molecule has 0 aliphatic carbocycles. The minimum absolute atomic E-state index is 0.0909. The maximum Gasteiger partial charge on any atom is 0.265 e. The van der Waals surface area contributed by atoms with Crippen molar-refractivity contribution in [2.24, 2.45) is 0 Å². The molecular formula is C15H24N2O3S. The van der Waals surface area contributed by atoms with E-state index in [0.717, 1.165) is 35.8 Å². The lowest BCUT2D eigenvalue weighted by molar-refractivity contribution is 0.00409. The number of ether oxygens (including phenoxy) is 1. The van der Waals surface area contributed by atoms with E-state index in [2.05, 4.69) is 18.8 Å². The summed E-state index contributed by atoms with van der Waals surface area (Å²) in [6.45, 7) is 6.41. The largest absolute Gasteiger partial charge is 0.396 e. The van der Waals surface area contributed by atoms with Crippen LogP contribution in [0.5, 0.6) is 0 Å². The molecule has 1 aromatic heterocycles. The summed E-state index contributed by atoms with van der Waals surface area (Å²) in [5, 5.41) is 9.75. The molecule has 1 amide bonds. The van der Waals surface area contributed by atoms with Crippen LogP contribution in [0.1, 0.15) is 53.7 Å². The van der Waals surface area contributed by atoms with Gasteiger partial charge in [0.2, 0.25) is 0 Å². The molecule has 2 heterocycles. The fourth-order valence-corrected chi connectivity index (χ4v) is 3.24. The van der Waals surface area contributed by atoms with E-state index < -0.39 is 0 Å². The minimum atomic E-state index is 0.0909. The molecule has 0 bridgehead atoms. The standard InChI is InChI=1S/C15H24N2O3S/c1-11(2)14-16-10-13(21-14)15(19)17-6-4-12(5-7-17)20-9-3-8-18/h10-12,18H,3-9H2,1-2H3. The third-order valence-electron chi connectivity index (χ3n) is 3.61. The Morgan fingerprint density at radius 3 is 2.81 bits per heavy atom. The molecule has 118 valence electrons. The van der Waals surface area contributed by atoms with Crippen molar-refractivity contribution >= 4 is 17.2 Å². The highest BCUT2D eigenvalue weighted by Crippen LogP contribution is 2.24. The maximum atomic E-state index is 12.4. The Kier molecular flexibility index (Phi) is 6.14. The number of piperidine rings is 1. The lowest BCUT2D eigenvalue weighted by Crippen LogP contribution is -2.40. The van der Waals surface area contributed by atoms with Crippen LogP contribution in [0, 0.1) is 0 Å². The van der Waals surface area contributed by atoms with Crippen LogP contribution in [0.25, 0.3) is 0 Å².